The summed E-state index contributed by atoms with van der Waals surface area (Å²) in [7, 11) is -2.61. The fourth-order valence-electron chi connectivity index (χ4n) is 2.79. The molecule has 0 amide bonds. The van der Waals surface area contributed by atoms with E-state index in [1.165, 1.54) is 6.08 Å². The number of hydrogen-bond acceptors (Lipinski definition) is 6. The van der Waals surface area contributed by atoms with E-state index in [4.69, 9.17) is 23.1 Å². The van der Waals surface area contributed by atoms with E-state index in [-0.39, 0.29) is 5.97 Å². The minimum Gasteiger partial charge on any atom is -0.478 e. The first kappa shape index (κ1) is 25.0. The number of unbranched alkanes of at least 4 members (excludes halogenated alkanes) is 2. The van der Waals surface area contributed by atoms with Crippen LogP contribution in [-0.4, -0.2) is 45.7 Å². The maximum absolute atomic E-state index is 12.0. The smallest absolute Gasteiger partial charge is 0.478 e. The molecule has 0 aromatic heterocycles. The lowest BCUT2D eigenvalue weighted by Gasteiger charge is -2.28. The number of esters is 1. The molecule has 1 aromatic rings. The van der Waals surface area contributed by atoms with E-state index in [0.29, 0.717) is 38.4 Å². The Kier molecular flexibility index (Phi) is 12.1. The van der Waals surface area contributed by atoms with Gasteiger partial charge in [-0.3, -0.25) is 4.79 Å². The molecule has 29 heavy (non-hydrogen) atoms. The molecule has 8 heteroatoms. The topological polar surface area (TPSA) is 91.3 Å². The first-order valence-corrected chi connectivity index (χ1v) is 12.0. The SMILES string of the molecule is CCO[Si](CCCCCC(=O)Oc1ccc(C=CC(=O)O)cc1)(OCC)OCC. The van der Waals surface area contributed by atoms with Gasteiger partial charge in [0.15, 0.2) is 0 Å². The van der Waals surface area contributed by atoms with Gasteiger partial charge in [0.1, 0.15) is 5.75 Å². The predicted molar refractivity (Wildman–Crippen MR) is 113 cm³/mol. The largest absolute Gasteiger partial charge is 0.500 e. The second-order valence-corrected chi connectivity index (χ2v) is 8.99. The van der Waals surface area contributed by atoms with Crippen LogP contribution in [0, 0.1) is 0 Å². The third-order valence-corrected chi connectivity index (χ3v) is 7.14. The van der Waals surface area contributed by atoms with E-state index in [0.717, 1.165) is 30.5 Å². The average molecular weight is 425 g/mol. The van der Waals surface area contributed by atoms with Gasteiger partial charge >= 0.3 is 20.7 Å². The summed E-state index contributed by atoms with van der Waals surface area (Å²) in [6.45, 7) is 7.48. The zero-order chi connectivity index (χ0) is 21.5. The molecule has 0 aliphatic carbocycles. The summed E-state index contributed by atoms with van der Waals surface area (Å²) >= 11 is 0. The van der Waals surface area contributed by atoms with Crippen LogP contribution in [0.1, 0.15) is 52.0 Å². The van der Waals surface area contributed by atoms with Crippen molar-refractivity contribution in [3.8, 4) is 5.75 Å². The number of carboxylic acids is 1. The van der Waals surface area contributed by atoms with Crippen molar-refractivity contribution in [2.75, 3.05) is 19.8 Å². The van der Waals surface area contributed by atoms with E-state index in [1.807, 2.05) is 20.8 Å². The molecule has 7 nitrogen and oxygen atoms in total. The Balaban J connectivity index is 2.36. The number of ether oxygens (including phenoxy) is 1. The molecule has 162 valence electrons. The van der Waals surface area contributed by atoms with Gasteiger partial charge < -0.3 is 23.1 Å². The van der Waals surface area contributed by atoms with Crippen LogP contribution in [0.15, 0.2) is 30.3 Å². The maximum atomic E-state index is 12.0. The lowest BCUT2D eigenvalue weighted by atomic mass is 10.2. The van der Waals surface area contributed by atoms with Crippen LogP contribution in [-0.2, 0) is 22.9 Å². The van der Waals surface area contributed by atoms with E-state index in [9.17, 15) is 9.59 Å². The highest BCUT2D eigenvalue weighted by Gasteiger charge is 2.39. The molecule has 0 aliphatic heterocycles. The van der Waals surface area contributed by atoms with Crippen LogP contribution >= 0.6 is 0 Å². The zero-order valence-corrected chi connectivity index (χ0v) is 18.5. The molecule has 1 rings (SSSR count). The summed E-state index contributed by atoms with van der Waals surface area (Å²) in [5.41, 5.74) is 0.720. The molecule has 1 N–H and O–H groups in total. The second-order valence-electron chi connectivity index (χ2n) is 6.26. The molecule has 0 spiro atoms. The average Bonchev–Trinajstić information content (AvgIpc) is 2.68. The number of carbonyl (C=O) groups excluding carboxylic acids is 1. The maximum Gasteiger partial charge on any atom is 0.500 e. The number of carbonyl (C=O) groups is 2. The molecule has 0 bridgehead atoms. The van der Waals surface area contributed by atoms with Crippen molar-refractivity contribution in [3.63, 3.8) is 0 Å². The summed E-state index contributed by atoms with van der Waals surface area (Å²) in [5, 5.41) is 8.62. The van der Waals surface area contributed by atoms with Gasteiger partial charge in [0, 0.05) is 38.4 Å². The Morgan fingerprint density at radius 3 is 2.03 bits per heavy atom. The number of hydrogen-bond donors (Lipinski definition) is 1. The number of rotatable bonds is 15. The van der Waals surface area contributed by atoms with Crippen molar-refractivity contribution in [1.82, 2.24) is 0 Å². The molecule has 0 radical (unpaired) electrons. The van der Waals surface area contributed by atoms with Crippen molar-refractivity contribution in [2.24, 2.45) is 0 Å². The van der Waals surface area contributed by atoms with Crippen LogP contribution in [0.3, 0.4) is 0 Å². The second kappa shape index (κ2) is 14.1. The lowest BCUT2D eigenvalue weighted by Crippen LogP contribution is -2.45. The monoisotopic (exact) mass is 424 g/mol. The molecule has 1 aromatic carbocycles. The molecule has 0 fully saturated rings. The Labute approximate surface area is 174 Å². The van der Waals surface area contributed by atoms with Crippen molar-refractivity contribution in [3.05, 3.63) is 35.9 Å². The minimum atomic E-state index is -2.61. The van der Waals surface area contributed by atoms with Crippen LogP contribution in [0.5, 0.6) is 5.75 Å². The van der Waals surface area contributed by atoms with Crippen molar-refractivity contribution in [2.45, 2.75) is 52.5 Å². The number of benzene rings is 1. The standard InChI is InChI=1S/C21H32O7Si/c1-4-25-29(26-5-2,27-6-3)17-9-7-8-10-21(24)28-19-14-11-18(12-15-19)13-16-20(22)23/h11-16H,4-10,17H2,1-3H3,(H,22,23). The van der Waals surface area contributed by atoms with Gasteiger partial charge in [0.25, 0.3) is 0 Å². The molecule has 0 unspecified atom stereocenters. The highest BCUT2D eigenvalue weighted by atomic mass is 28.4. The quantitative estimate of drug-likeness (QED) is 0.148. The van der Waals surface area contributed by atoms with Gasteiger partial charge in [-0.25, -0.2) is 4.79 Å². The van der Waals surface area contributed by atoms with Crippen LogP contribution in [0.25, 0.3) is 6.08 Å². The van der Waals surface area contributed by atoms with Gasteiger partial charge in [0.2, 0.25) is 0 Å². The fourth-order valence-corrected chi connectivity index (χ4v) is 5.47. The van der Waals surface area contributed by atoms with Crippen molar-refractivity contribution >= 4 is 26.8 Å². The zero-order valence-electron chi connectivity index (χ0n) is 17.5. The van der Waals surface area contributed by atoms with E-state index in [1.54, 1.807) is 24.3 Å². The van der Waals surface area contributed by atoms with Gasteiger partial charge in [-0.1, -0.05) is 18.6 Å². The van der Waals surface area contributed by atoms with Crippen molar-refractivity contribution < 1.29 is 32.7 Å². The Morgan fingerprint density at radius 1 is 0.931 bits per heavy atom. The normalized spacial score (nSPS) is 11.7. The van der Waals surface area contributed by atoms with Gasteiger partial charge in [0.05, 0.1) is 0 Å². The molecule has 0 saturated heterocycles. The van der Waals surface area contributed by atoms with Gasteiger partial charge in [-0.05, 0) is 57.4 Å². The Hall–Kier alpha value is -2.00. The van der Waals surface area contributed by atoms with Gasteiger partial charge in [-0.15, -0.1) is 0 Å². The van der Waals surface area contributed by atoms with Crippen LogP contribution in [0.4, 0.5) is 0 Å². The summed E-state index contributed by atoms with van der Waals surface area (Å²) < 4.78 is 22.8. The highest BCUT2D eigenvalue weighted by molar-refractivity contribution is 6.60. The Morgan fingerprint density at radius 2 is 1.52 bits per heavy atom. The van der Waals surface area contributed by atoms with E-state index in [2.05, 4.69) is 0 Å². The molecule has 0 atom stereocenters. The molecular weight excluding hydrogens is 392 g/mol. The van der Waals surface area contributed by atoms with Crippen LogP contribution in [0.2, 0.25) is 6.04 Å². The Bertz CT molecular complexity index is 626. The lowest BCUT2D eigenvalue weighted by molar-refractivity contribution is -0.134. The summed E-state index contributed by atoms with van der Waals surface area (Å²) in [5.74, 6) is -0.858. The molecule has 0 aliphatic rings. The van der Waals surface area contributed by atoms with Crippen molar-refractivity contribution in [1.29, 1.82) is 0 Å². The third-order valence-electron chi connectivity index (χ3n) is 3.99. The van der Waals surface area contributed by atoms with Gasteiger partial charge in [-0.2, -0.15) is 0 Å². The minimum absolute atomic E-state index is 0.290. The first-order chi connectivity index (χ1) is 13.9. The predicted octanol–water partition coefficient (Wildman–Crippen LogP) is 4.30. The summed E-state index contributed by atoms with van der Waals surface area (Å²) in [4.78, 5) is 22.5. The summed E-state index contributed by atoms with van der Waals surface area (Å²) in [6.07, 6.45) is 5.30. The van der Waals surface area contributed by atoms with E-state index >= 15 is 0 Å². The third kappa shape index (κ3) is 10.4. The van der Waals surface area contributed by atoms with Crippen LogP contribution < -0.4 is 4.74 Å². The number of aliphatic carboxylic acids is 1. The first-order valence-electron chi connectivity index (χ1n) is 10.1. The summed E-state index contributed by atoms with van der Waals surface area (Å²) in [6, 6.07) is 7.42. The fraction of sp³-hybridized carbons (Fsp3) is 0.524. The molecular formula is C21H32O7Si. The molecule has 0 heterocycles. The number of carboxylic acid groups (broad SMARTS) is 1. The van der Waals surface area contributed by atoms with E-state index < -0.39 is 14.8 Å². The molecule has 0 saturated carbocycles. The highest BCUT2D eigenvalue weighted by Crippen LogP contribution is 2.21.